The van der Waals surface area contributed by atoms with Crippen LogP contribution in [0.25, 0.3) is 0 Å². The standard InChI is InChI=1S/C11H13FN2O3/c12-8-6-10(14-3-1-2-4-17-14)9(13)5-7(8)11(15)16/h5-6H,1-4,13H2,(H,15,16). The van der Waals surface area contributed by atoms with Crippen molar-refractivity contribution in [2.75, 3.05) is 23.9 Å². The van der Waals surface area contributed by atoms with Crippen LogP contribution in [0.3, 0.4) is 0 Å². The molecule has 1 fully saturated rings. The van der Waals surface area contributed by atoms with E-state index >= 15 is 0 Å². The molecule has 92 valence electrons. The molecule has 0 radical (unpaired) electrons. The molecule has 0 bridgehead atoms. The zero-order valence-electron chi connectivity index (χ0n) is 9.15. The predicted molar refractivity (Wildman–Crippen MR) is 60.3 cm³/mol. The number of hydrogen-bond acceptors (Lipinski definition) is 4. The summed E-state index contributed by atoms with van der Waals surface area (Å²) >= 11 is 0. The van der Waals surface area contributed by atoms with Crippen LogP contribution in [0.5, 0.6) is 0 Å². The Labute approximate surface area is 97.5 Å². The minimum Gasteiger partial charge on any atom is -0.478 e. The number of nitrogens with two attached hydrogens (primary N) is 1. The molecule has 0 unspecified atom stereocenters. The largest absolute Gasteiger partial charge is 0.478 e. The lowest BCUT2D eigenvalue weighted by Gasteiger charge is -2.28. The summed E-state index contributed by atoms with van der Waals surface area (Å²) in [5.41, 5.74) is 5.86. The van der Waals surface area contributed by atoms with Crippen molar-refractivity contribution in [2.24, 2.45) is 0 Å². The van der Waals surface area contributed by atoms with E-state index in [0.717, 1.165) is 25.0 Å². The number of carboxylic acid groups (broad SMARTS) is 1. The maximum absolute atomic E-state index is 13.5. The summed E-state index contributed by atoms with van der Waals surface area (Å²) in [5, 5.41) is 10.3. The summed E-state index contributed by atoms with van der Waals surface area (Å²) in [6, 6.07) is 2.22. The molecule has 0 amide bonds. The lowest BCUT2D eigenvalue weighted by atomic mass is 10.1. The molecule has 1 heterocycles. The fraction of sp³-hybridized carbons (Fsp3) is 0.364. The Bertz CT molecular complexity index is 445. The van der Waals surface area contributed by atoms with E-state index < -0.39 is 17.3 Å². The van der Waals surface area contributed by atoms with E-state index in [1.807, 2.05) is 0 Å². The van der Waals surface area contributed by atoms with E-state index in [1.165, 1.54) is 5.06 Å². The number of nitrogen functional groups attached to an aromatic ring is 1. The summed E-state index contributed by atoms with van der Waals surface area (Å²) in [5.74, 6) is -2.14. The lowest BCUT2D eigenvalue weighted by Crippen LogP contribution is -2.30. The monoisotopic (exact) mass is 240 g/mol. The minimum atomic E-state index is -1.33. The molecule has 1 aromatic carbocycles. The zero-order valence-corrected chi connectivity index (χ0v) is 9.15. The Kier molecular flexibility index (Phi) is 3.14. The fourth-order valence-electron chi connectivity index (χ4n) is 1.75. The van der Waals surface area contributed by atoms with E-state index in [-0.39, 0.29) is 5.69 Å². The molecule has 1 saturated heterocycles. The van der Waals surface area contributed by atoms with Crippen molar-refractivity contribution < 1.29 is 19.1 Å². The first-order valence-corrected chi connectivity index (χ1v) is 5.32. The second kappa shape index (κ2) is 4.58. The van der Waals surface area contributed by atoms with Gasteiger partial charge in [-0.05, 0) is 18.9 Å². The number of carbonyl (C=O) groups is 1. The lowest BCUT2D eigenvalue weighted by molar-refractivity contribution is 0.0690. The molecule has 1 aliphatic heterocycles. The summed E-state index contributed by atoms with van der Waals surface area (Å²) in [6.07, 6.45) is 1.88. The fourth-order valence-corrected chi connectivity index (χ4v) is 1.75. The van der Waals surface area contributed by atoms with Gasteiger partial charge in [-0.15, -0.1) is 0 Å². The highest BCUT2D eigenvalue weighted by Gasteiger charge is 2.19. The number of hydrogen-bond donors (Lipinski definition) is 2. The molecule has 0 aliphatic carbocycles. The van der Waals surface area contributed by atoms with Crippen molar-refractivity contribution >= 4 is 17.3 Å². The van der Waals surface area contributed by atoms with Gasteiger partial charge in [0.05, 0.1) is 23.5 Å². The van der Waals surface area contributed by atoms with E-state index in [9.17, 15) is 9.18 Å². The molecule has 0 saturated carbocycles. The SMILES string of the molecule is Nc1cc(C(=O)O)c(F)cc1N1CCCCO1. The van der Waals surface area contributed by atoms with Gasteiger partial charge >= 0.3 is 5.97 Å². The number of halogens is 1. The predicted octanol–water partition coefficient (Wildman–Crippen LogP) is 1.64. The van der Waals surface area contributed by atoms with Gasteiger partial charge in [0.25, 0.3) is 0 Å². The third kappa shape index (κ3) is 2.31. The van der Waals surface area contributed by atoms with Crippen molar-refractivity contribution in [3.05, 3.63) is 23.5 Å². The average Bonchev–Trinajstić information content (AvgIpc) is 2.32. The summed E-state index contributed by atoms with van der Waals surface area (Å²) < 4.78 is 13.5. The molecule has 0 aromatic heterocycles. The number of hydroxylamine groups is 1. The molecule has 0 atom stereocenters. The highest BCUT2D eigenvalue weighted by Crippen LogP contribution is 2.28. The average molecular weight is 240 g/mol. The Hall–Kier alpha value is -1.82. The first-order chi connectivity index (χ1) is 8.09. The molecular formula is C11H13FN2O3. The third-order valence-corrected chi connectivity index (χ3v) is 2.62. The van der Waals surface area contributed by atoms with Crippen LogP contribution < -0.4 is 10.8 Å². The summed E-state index contributed by atoms with van der Waals surface area (Å²) in [4.78, 5) is 16.1. The third-order valence-electron chi connectivity index (χ3n) is 2.62. The summed E-state index contributed by atoms with van der Waals surface area (Å²) in [6.45, 7) is 1.18. The van der Waals surface area contributed by atoms with Crippen LogP contribution in [-0.2, 0) is 4.84 Å². The smallest absolute Gasteiger partial charge is 0.338 e. The molecular weight excluding hydrogens is 227 g/mol. The molecule has 0 spiro atoms. The molecule has 17 heavy (non-hydrogen) atoms. The minimum absolute atomic E-state index is 0.200. The van der Waals surface area contributed by atoms with Crippen molar-refractivity contribution in [3.8, 4) is 0 Å². The molecule has 5 nitrogen and oxygen atoms in total. The number of anilines is 2. The quantitative estimate of drug-likeness (QED) is 0.768. The van der Waals surface area contributed by atoms with Crippen LogP contribution >= 0.6 is 0 Å². The number of rotatable bonds is 2. The number of aromatic carboxylic acids is 1. The maximum atomic E-state index is 13.5. The highest BCUT2D eigenvalue weighted by molar-refractivity contribution is 5.90. The Morgan fingerprint density at radius 2 is 2.24 bits per heavy atom. The van der Waals surface area contributed by atoms with Crippen LogP contribution in [0.1, 0.15) is 23.2 Å². The molecule has 1 aliphatic rings. The normalized spacial score (nSPS) is 15.9. The molecule has 3 N–H and O–H groups in total. The topological polar surface area (TPSA) is 75.8 Å². The van der Waals surface area contributed by atoms with Gasteiger partial charge in [-0.3, -0.25) is 9.90 Å². The molecule has 2 rings (SSSR count). The van der Waals surface area contributed by atoms with Gasteiger partial charge < -0.3 is 10.8 Å². The van der Waals surface area contributed by atoms with Crippen LogP contribution in [0.15, 0.2) is 12.1 Å². The Morgan fingerprint density at radius 1 is 1.47 bits per heavy atom. The van der Waals surface area contributed by atoms with Crippen molar-refractivity contribution in [1.82, 2.24) is 0 Å². The van der Waals surface area contributed by atoms with E-state index in [4.69, 9.17) is 15.7 Å². The van der Waals surface area contributed by atoms with Gasteiger partial charge in [-0.25, -0.2) is 9.18 Å². The summed E-state index contributed by atoms with van der Waals surface area (Å²) in [7, 11) is 0. The molecule has 6 heteroatoms. The van der Waals surface area contributed by atoms with Gasteiger partial charge in [0.1, 0.15) is 5.82 Å². The van der Waals surface area contributed by atoms with E-state index in [2.05, 4.69) is 0 Å². The van der Waals surface area contributed by atoms with Gasteiger partial charge in [-0.2, -0.15) is 0 Å². The second-order valence-corrected chi connectivity index (χ2v) is 3.84. The first kappa shape index (κ1) is 11.7. The highest BCUT2D eigenvalue weighted by atomic mass is 19.1. The number of carboxylic acids is 1. The van der Waals surface area contributed by atoms with Gasteiger partial charge in [-0.1, -0.05) is 0 Å². The van der Waals surface area contributed by atoms with Gasteiger partial charge in [0, 0.05) is 12.6 Å². The van der Waals surface area contributed by atoms with Gasteiger partial charge in [0.2, 0.25) is 0 Å². The molecule has 1 aromatic rings. The number of benzene rings is 1. The van der Waals surface area contributed by atoms with Crippen molar-refractivity contribution in [3.63, 3.8) is 0 Å². The van der Waals surface area contributed by atoms with Crippen molar-refractivity contribution in [2.45, 2.75) is 12.8 Å². The first-order valence-electron chi connectivity index (χ1n) is 5.32. The van der Waals surface area contributed by atoms with Gasteiger partial charge in [0.15, 0.2) is 0 Å². The second-order valence-electron chi connectivity index (χ2n) is 3.84. The van der Waals surface area contributed by atoms with Crippen LogP contribution in [0.4, 0.5) is 15.8 Å². The van der Waals surface area contributed by atoms with E-state index in [1.54, 1.807) is 0 Å². The maximum Gasteiger partial charge on any atom is 0.338 e. The van der Waals surface area contributed by atoms with Crippen LogP contribution in [0, 0.1) is 5.82 Å². The Morgan fingerprint density at radius 3 is 2.82 bits per heavy atom. The number of nitrogens with zero attached hydrogens (tertiary/aromatic N) is 1. The Balaban J connectivity index is 2.35. The van der Waals surface area contributed by atoms with E-state index in [0.29, 0.717) is 18.8 Å². The van der Waals surface area contributed by atoms with Crippen LogP contribution in [-0.4, -0.2) is 24.2 Å². The zero-order chi connectivity index (χ0) is 12.4. The van der Waals surface area contributed by atoms with Crippen LogP contribution in [0.2, 0.25) is 0 Å². The van der Waals surface area contributed by atoms with Crippen molar-refractivity contribution in [1.29, 1.82) is 0 Å².